The van der Waals surface area contributed by atoms with Gasteiger partial charge in [0.05, 0.1) is 10.6 Å². The minimum Gasteiger partial charge on any atom is -0.366 e. The van der Waals surface area contributed by atoms with Gasteiger partial charge in [-0.3, -0.25) is 9.10 Å². The number of fused-ring (bicyclic) bond motifs is 1. The van der Waals surface area contributed by atoms with Crippen LogP contribution in [0, 0.1) is 0 Å². The maximum absolute atomic E-state index is 12.9. The second kappa shape index (κ2) is 5.54. The van der Waals surface area contributed by atoms with Crippen LogP contribution >= 0.6 is 11.6 Å². The van der Waals surface area contributed by atoms with E-state index in [0.29, 0.717) is 22.7 Å². The molecule has 0 spiro atoms. The third-order valence-corrected chi connectivity index (χ3v) is 6.08. The Morgan fingerprint density at radius 3 is 2.48 bits per heavy atom. The van der Waals surface area contributed by atoms with Crippen molar-refractivity contribution in [1.29, 1.82) is 0 Å². The number of anilines is 1. The Kier molecular flexibility index (Phi) is 3.82. The van der Waals surface area contributed by atoms with Gasteiger partial charge in [0.25, 0.3) is 10.0 Å². The van der Waals surface area contributed by atoms with Gasteiger partial charge in [-0.2, -0.15) is 0 Å². The maximum atomic E-state index is 12.9. The molecule has 2 N–H and O–H groups in total. The van der Waals surface area contributed by atoms with Crippen LogP contribution in [0.3, 0.4) is 0 Å². The fraction of sp³-hybridized carbons (Fsp3) is 0.188. The summed E-state index contributed by atoms with van der Waals surface area (Å²) in [5, 5.41) is 0.477. The van der Waals surface area contributed by atoms with Crippen LogP contribution in [0.1, 0.15) is 22.8 Å². The second-order valence-electron chi connectivity index (χ2n) is 5.52. The van der Waals surface area contributed by atoms with Crippen LogP contribution in [0.25, 0.3) is 0 Å². The summed E-state index contributed by atoms with van der Waals surface area (Å²) in [6.45, 7) is 1.83. The molecule has 7 heteroatoms. The summed E-state index contributed by atoms with van der Waals surface area (Å²) in [5.41, 5.74) is 7.04. The van der Waals surface area contributed by atoms with Gasteiger partial charge in [0, 0.05) is 16.6 Å². The van der Waals surface area contributed by atoms with Gasteiger partial charge in [0.2, 0.25) is 5.91 Å². The molecule has 23 heavy (non-hydrogen) atoms. The lowest BCUT2D eigenvalue weighted by atomic mass is 10.1. The van der Waals surface area contributed by atoms with Gasteiger partial charge in [0.1, 0.15) is 0 Å². The number of carbonyl (C=O) groups is 1. The molecule has 0 saturated carbocycles. The normalized spacial score (nSPS) is 17.1. The van der Waals surface area contributed by atoms with E-state index in [4.69, 9.17) is 17.3 Å². The molecule has 1 aliphatic rings. The highest BCUT2D eigenvalue weighted by Gasteiger charge is 2.36. The van der Waals surface area contributed by atoms with Crippen LogP contribution in [0.4, 0.5) is 5.69 Å². The van der Waals surface area contributed by atoms with E-state index >= 15 is 0 Å². The average Bonchev–Trinajstić information content (AvgIpc) is 2.83. The average molecular weight is 351 g/mol. The van der Waals surface area contributed by atoms with E-state index in [1.165, 1.54) is 16.4 Å². The summed E-state index contributed by atoms with van der Waals surface area (Å²) in [5.74, 6) is -0.528. The third kappa shape index (κ3) is 2.68. The van der Waals surface area contributed by atoms with Crippen LogP contribution in [0.2, 0.25) is 5.02 Å². The number of halogens is 1. The first-order valence-electron chi connectivity index (χ1n) is 7.03. The van der Waals surface area contributed by atoms with E-state index in [1.54, 1.807) is 30.3 Å². The molecule has 0 aliphatic carbocycles. The highest BCUT2D eigenvalue weighted by Crippen LogP contribution is 2.37. The van der Waals surface area contributed by atoms with Crippen molar-refractivity contribution in [2.75, 3.05) is 4.31 Å². The maximum Gasteiger partial charge on any atom is 0.264 e. The zero-order valence-corrected chi connectivity index (χ0v) is 13.9. The zero-order chi connectivity index (χ0) is 16.8. The molecule has 0 bridgehead atoms. The van der Waals surface area contributed by atoms with Gasteiger partial charge in [0.15, 0.2) is 0 Å². The number of primary amides is 1. The Hall–Kier alpha value is -2.05. The highest BCUT2D eigenvalue weighted by atomic mass is 35.5. The summed E-state index contributed by atoms with van der Waals surface area (Å²) in [6.07, 6.45) is 0.531. The SMILES string of the molecule is C[C@H]1Cc2cc(C(N)=O)ccc2N1S(=O)(=O)c1ccc(Cl)cc1. The third-order valence-electron chi connectivity index (χ3n) is 3.89. The monoisotopic (exact) mass is 350 g/mol. The van der Waals surface area contributed by atoms with Crippen molar-refractivity contribution in [3.8, 4) is 0 Å². The summed E-state index contributed by atoms with van der Waals surface area (Å²) in [6, 6.07) is 10.7. The van der Waals surface area contributed by atoms with Gasteiger partial charge in [-0.05, 0) is 61.4 Å². The molecule has 0 radical (unpaired) electrons. The Morgan fingerprint density at radius 1 is 1.22 bits per heavy atom. The second-order valence-corrected chi connectivity index (χ2v) is 7.77. The van der Waals surface area contributed by atoms with Crippen molar-refractivity contribution in [3.63, 3.8) is 0 Å². The Balaban J connectivity index is 2.08. The van der Waals surface area contributed by atoms with Crippen molar-refractivity contribution < 1.29 is 13.2 Å². The van der Waals surface area contributed by atoms with E-state index in [2.05, 4.69) is 0 Å². The molecule has 1 amide bonds. The van der Waals surface area contributed by atoms with E-state index in [-0.39, 0.29) is 10.9 Å². The van der Waals surface area contributed by atoms with Crippen molar-refractivity contribution in [3.05, 3.63) is 58.6 Å². The van der Waals surface area contributed by atoms with E-state index in [9.17, 15) is 13.2 Å². The Bertz CT molecular complexity index is 879. The van der Waals surface area contributed by atoms with E-state index < -0.39 is 15.9 Å². The predicted octanol–water partition coefficient (Wildman–Crippen LogP) is 2.58. The fourth-order valence-electron chi connectivity index (χ4n) is 2.84. The number of sulfonamides is 1. The van der Waals surface area contributed by atoms with Crippen molar-refractivity contribution in [2.45, 2.75) is 24.3 Å². The molecule has 1 atom stereocenters. The summed E-state index contributed by atoms with van der Waals surface area (Å²) in [4.78, 5) is 11.5. The topological polar surface area (TPSA) is 80.5 Å². The molecule has 1 heterocycles. The summed E-state index contributed by atoms with van der Waals surface area (Å²) >= 11 is 5.83. The number of nitrogens with two attached hydrogens (primary N) is 1. The molecule has 120 valence electrons. The number of nitrogens with zero attached hydrogens (tertiary/aromatic N) is 1. The summed E-state index contributed by atoms with van der Waals surface area (Å²) < 4.78 is 27.2. The Labute approximate surface area is 139 Å². The van der Waals surface area contributed by atoms with Gasteiger partial charge in [-0.15, -0.1) is 0 Å². The first-order chi connectivity index (χ1) is 10.8. The van der Waals surface area contributed by atoms with Crippen LogP contribution in [-0.2, 0) is 16.4 Å². The van der Waals surface area contributed by atoms with Gasteiger partial charge < -0.3 is 5.73 Å². The Morgan fingerprint density at radius 2 is 1.87 bits per heavy atom. The summed E-state index contributed by atoms with van der Waals surface area (Å²) in [7, 11) is -3.69. The van der Waals surface area contributed by atoms with Crippen LogP contribution in [0.15, 0.2) is 47.4 Å². The minimum absolute atomic E-state index is 0.181. The lowest BCUT2D eigenvalue weighted by Gasteiger charge is -2.24. The number of hydrogen-bond donors (Lipinski definition) is 1. The van der Waals surface area contributed by atoms with Crippen LogP contribution in [-0.4, -0.2) is 20.4 Å². The van der Waals surface area contributed by atoms with Gasteiger partial charge in [-0.1, -0.05) is 11.6 Å². The lowest BCUT2D eigenvalue weighted by Crippen LogP contribution is -2.35. The first-order valence-corrected chi connectivity index (χ1v) is 8.85. The quantitative estimate of drug-likeness (QED) is 0.923. The molecule has 0 saturated heterocycles. The number of amides is 1. The van der Waals surface area contributed by atoms with Crippen LogP contribution in [0.5, 0.6) is 0 Å². The predicted molar refractivity (Wildman–Crippen MR) is 89.2 cm³/mol. The van der Waals surface area contributed by atoms with Crippen molar-refractivity contribution in [2.24, 2.45) is 5.73 Å². The fourth-order valence-corrected chi connectivity index (χ4v) is 4.66. The largest absolute Gasteiger partial charge is 0.366 e. The number of rotatable bonds is 3. The van der Waals surface area contributed by atoms with E-state index in [1.807, 2.05) is 6.92 Å². The zero-order valence-electron chi connectivity index (χ0n) is 12.4. The van der Waals surface area contributed by atoms with Crippen molar-refractivity contribution in [1.82, 2.24) is 0 Å². The molecule has 5 nitrogen and oxygen atoms in total. The molecular weight excluding hydrogens is 336 g/mol. The number of benzene rings is 2. The van der Waals surface area contributed by atoms with Gasteiger partial charge >= 0.3 is 0 Å². The van der Waals surface area contributed by atoms with Crippen molar-refractivity contribution >= 4 is 33.2 Å². The highest BCUT2D eigenvalue weighted by molar-refractivity contribution is 7.92. The molecule has 3 rings (SSSR count). The van der Waals surface area contributed by atoms with E-state index in [0.717, 1.165) is 5.56 Å². The lowest BCUT2D eigenvalue weighted by molar-refractivity contribution is 0.1000. The molecule has 2 aromatic rings. The number of hydrogen-bond acceptors (Lipinski definition) is 3. The molecule has 2 aromatic carbocycles. The molecule has 1 aliphatic heterocycles. The molecular formula is C16H15ClN2O3S. The smallest absolute Gasteiger partial charge is 0.264 e. The standard InChI is InChI=1S/C16H15ClN2O3S/c1-10-8-12-9-11(16(18)20)2-7-15(12)19(10)23(21,22)14-5-3-13(17)4-6-14/h2-7,9-10H,8H2,1H3,(H2,18,20)/t10-/m0/s1. The van der Waals surface area contributed by atoms with Gasteiger partial charge in [-0.25, -0.2) is 8.42 Å². The minimum atomic E-state index is -3.69. The molecule has 0 fully saturated rings. The van der Waals surface area contributed by atoms with Crippen LogP contribution < -0.4 is 10.0 Å². The number of carbonyl (C=O) groups excluding carboxylic acids is 1. The first kappa shape index (κ1) is 15.8. The molecule has 0 unspecified atom stereocenters. The molecule has 0 aromatic heterocycles.